The van der Waals surface area contributed by atoms with Crippen LogP contribution in [0, 0.1) is 0 Å². The number of fused-ring (bicyclic) bond motifs is 3. The maximum absolute atomic E-state index is 13.1. The molecule has 4 heterocycles. The van der Waals surface area contributed by atoms with E-state index in [1.165, 1.54) is 25.9 Å². The average molecular weight is 468 g/mol. The summed E-state index contributed by atoms with van der Waals surface area (Å²) < 4.78 is 10.2. The summed E-state index contributed by atoms with van der Waals surface area (Å²) in [5.41, 5.74) is 1.11. The van der Waals surface area contributed by atoms with Crippen LogP contribution in [0.5, 0.6) is 0 Å². The Morgan fingerprint density at radius 3 is 2.85 bits per heavy atom. The summed E-state index contributed by atoms with van der Waals surface area (Å²) in [7, 11) is 0. The van der Waals surface area contributed by atoms with E-state index in [9.17, 15) is 14.4 Å². The molecule has 1 amide bonds. The molecule has 0 saturated carbocycles. The molecular weight excluding hydrogens is 442 g/mol. The van der Waals surface area contributed by atoms with Crippen LogP contribution in [-0.4, -0.2) is 43.9 Å². The van der Waals surface area contributed by atoms with Gasteiger partial charge in [-0.05, 0) is 42.7 Å². The van der Waals surface area contributed by atoms with Gasteiger partial charge in [0.2, 0.25) is 11.7 Å². The van der Waals surface area contributed by atoms with E-state index >= 15 is 0 Å². The topological polar surface area (TPSA) is 99.6 Å². The highest BCUT2D eigenvalue weighted by Crippen LogP contribution is 2.19. The van der Waals surface area contributed by atoms with Gasteiger partial charge in [-0.25, -0.2) is 13.9 Å². The van der Waals surface area contributed by atoms with Crippen molar-refractivity contribution in [1.82, 2.24) is 24.1 Å². The van der Waals surface area contributed by atoms with Crippen LogP contribution in [0.4, 0.5) is 0 Å². The van der Waals surface area contributed by atoms with Gasteiger partial charge in [-0.2, -0.15) is 0 Å². The second-order valence-corrected chi connectivity index (χ2v) is 9.12. The summed E-state index contributed by atoms with van der Waals surface area (Å²) in [6.45, 7) is 1.31. The number of thiophene rings is 1. The van der Waals surface area contributed by atoms with E-state index in [0.717, 1.165) is 30.4 Å². The summed E-state index contributed by atoms with van der Waals surface area (Å²) >= 11 is 1.29. The third-order valence-electron chi connectivity index (χ3n) is 5.90. The van der Waals surface area contributed by atoms with Crippen LogP contribution in [0.15, 0.2) is 51.4 Å². The lowest BCUT2D eigenvalue weighted by atomic mass is 10.1. The molecule has 1 saturated heterocycles. The zero-order chi connectivity index (χ0) is 22.8. The molecule has 5 rings (SSSR count). The van der Waals surface area contributed by atoms with E-state index in [4.69, 9.17) is 4.74 Å². The number of benzene rings is 1. The van der Waals surface area contributed by atoms with E-state index in [1.807, 2.05) is 18.2 Å². The summed E-state index contributed by atoms with van der Waals surface area (Å²) in [6.07, 6.45) is 3.38. The lowest BCUT2D eigenvalue weighted by molar-refractivity contribution is -0.121. The molecule has 1 aromatic carbocycles. The molecule has 0 unspecified atom stereocenters. The van der Waals surface area contributed by atoms with Crippen molar-refractivity contribution in [2.24, 2.45) is 0 Å². The molecule has 0 radical (unpaired) electrons. The van der Waals surface area contributed by atoms with Gasteiger partial charge in [-0.3, -0.25) is 14.2 Å². The van der Waals surface area contributed by atoms with E-state index in [0.29, 0.717) is 29.9 Å². The van der Waals surface area contributed by atoms with E-state index < -0.39 is 5.69 Å². The smallest absolute Gasteiger partial charge is 0.352 e. The van der Waals surface area contributed by atoms with Crippen molar-refractivity contribution in [1.29, 1.82) is 0 Å². The lowest BCUT2D eigenvalue weighted by Gasteiger charge is -2.12. The van der Waals surface area contributed by atoms with Gasteiger partial charge in [-0.1, -0.05) is 30.3 Å². The van der Waals surface area contributed by atoms with Gasteiger partial charge in [0.1, 0.15) is 11.2 Å². The fourth-order valence-electron chi connectivity index (χ4n) is 4.25. The van der Waals surface area contributed by atoms with Crippen molar-refractivity contribution < 1.29 is 9.53 Å². The number of aryl methyl sites for hydroxylation is 1. The minimum absolute atomic E-state index is 0.0860. The number of amides is 1. The maximum Gasteiger partial charge on any atom is 0.352 e. The normalized spacial score (nSPS) is 16.1. The van der Waals surface area contributed by atoms with Crippen LogP contribution in [-0.2, 0) is 29.0 Å². The van der Waals surface area contributed by atoms with E-state index in [1.54, 1.807) is 11.4 Å². The zero-order valence-corrected chi connectivity index (χ0v) is 18.9. The van der Waals surface area contributed by atoms with Crippen molar-refractivity contribution in [3.8, 4) is 0 Å². The van der Waals surface area contributed by atoms with E-state index in [2.05, 4.69) is 22.5 Å². The van der Waals surface area contributed by atoms with Crippen LogP contribution < -0.4 is 16.6 Å². The Hall–Kier alpha value is -3.24. The largest absolute Gasteiger partial charge is 0.376 e. The van der Waals surface area contributed by atoms with Crippen molar-refractivity contribution in [2.45, 2.75) is 44.9 Å². The maximum atomic E-state index is 13.1. The second kappa shape index (κ2) is 9.32. The predicted molar refractivity (Wildman–Crippen MR) is 126 cm³/mol. The van der Waals surface area contributed by atoms with Crippen molar-refractivity contribution in [2.75, 3.05) is 13.2 Å². The van der Waals surface area contributed by atoms with Gasteiger partial charge in [0, 0.05) is 13.2 Å². The average Bonchev–Trinajstić information content (AvgIpc) is 3.56. The number of hydrogen-bond acceptors (Lipinski definition) is 6. The standard InChI is InChI=1S/C23H25N5O4S/c29-19(24-11-4-8-16-6-2-1-3-7-16)15-27-23(31)28-18-10-13-33-20(18)21(30)26(22(28)25-27)14-17-9-5-12-32-17/h1-3,6-7,10,13,17H,4-5,8-9,11-12,14-15H2,(H,24,29)/t17-/m1/s1. The van der Waals surface area contributed by atoms with Gasteiger partial charge in [0.05, 0.1) is 18.2 Å². The first-order chi connectivity index (χ1) is 16.1. The first-order valence-corrected chi connectivity index (χ1v) is 12.0. The Morgan fingerprint density at radius 1 is 1.21 bits per heavy atom. The highest BCUT2D eigenvalue weighted by Gasteiger charge is 2.23. The SMILES string of the molecule is O=C(Cn1nc2n(C[C@H]3CCCO3)c(=O)c3sccc3n2c1=O)NCCCc1ccccc1. The summed E-state index contributed by atoms with van der Waals surface area (Å²) in [4.78, 5) is 38.7. The highest BCUT2D eigenvalue weighted by molar-refractivity contribution is 7.17. The monoisotopic (exact) mass is 467 g/mol. The first-order valence-electron chi connectivity index (χ1n) is 11.1. The zero-order valence-electron chi connectivity index (χ0n) is 18.1. The predicted octanol–water partition coefficient (Wildman–Crippen LogP) is 1.80. The summed E-state index contributed by atoms with van der Waals surface area (Å²) in [5.74, 6) is -0.0496. The quantitative estimate of drug-likeness (QED) is 0.399. The molecule has 1 atom stereocenters. The molecule has 1 aliphatic rings. The Kier molecular flexibility index (Phi) is 6.10. The van der Waals surface area contributed by atoms with Crippen LogP contribution in [0.25, 0.3) is 16.0 Å². The summed E-state index contributed by atoms with van der Waals surface area (Å²) in [6, 6.07) is 11.8. The fraction of sp³-hybridized carbons (Fsp3) is 0.391. The number of nitrogens with zero attached hydrogens (tertiary/aromatic N) is 4. The molecule has 10 heteroatoms. The third kappa shape index (κ3) is 4.36. The molecule has 0 aliphatic carbocycles. The molecule has 0 bridgehead atoms. The Morgan fingerprint density at radius 2 is 2.06 bits per heavy atom. The van der Waals surface area contributed by atoms with Gasteiger partial charge in [-0.15, -0.1) is 16.4 Å². The minimum Gasteiger partial charge on any atom is -0.376 e. The Bertz CT molecular complexity index is 1400. The summed E-state index contributed by atoms with van der Waals surface area (Å²) in [5, 5.41) is 9.02. The molecule has 9 nitrogen and oxygen atoms in total. The number of ether oxygens (including phenoxy) is 1. The highest BCUT2D eigenvalue weighted by atomic mass is 32.1. The number of carbonyl (C=O) groups is 1. The number of nitrogens with one attached hydrogen (secondary N) is 1. The Labute approximate surface area is 193 Å². The fourth-order valence-corrected chi connectivity index (χ4v) is 5.07. The lowest BCUT2D eigenvalue weighted by Crippen LogP contribution is -2.33. The van der Waals surface area contributed by atoms with Crippen molar-refractivity contribution in [3.63, 3.8) is 0 Å². The molecule has 1 fully saturated rings. The number of hydrogen-bond donors (Lipinski definition) is 1. The Balaban J connectivity index is 1.36. The second-order valence-electron chi connectivity index (χ2n) is 8.20. The van der Waals surface area contributed by atoms with Gasteiger partial charge >= 0.3 is 5.69 Å². The molecule has 1 N–H and O–H groups in total. The molecule has 3 aromatic heterocycles. The molecular formula is C23H25N5O4S. The minimum atomic E-state index is -0.436. The van der Waals surface area contributed by atoms with E-state index in [-0.39, 0.29) is 29.9 Å². The van der Waals surface area contributed by atoms with Crippen LogP contribution in [0.1, 0.15) is 24.8 Å². The molecule has 1 aliphatic heterocycles. The van der Waals surface area contributed by atoms with Crippen LogP contribution in [0.3, 0.4) is 0 Å². The van der Waals surface area contributed by atoms with Gasteiger partial charge in [0.25, 0.3) is 5.56 Å². The first kappa shape index (κ1) is 21.6. The van der Waals surface area contributed by atoms with Gasteiger partial charge in [0.15, 0.2) is 0 Å². The van der Waals surface area contributed by atoms with Crippen LogP contribution in [0.2, 0.25) is 0 Å². The number of aromatic nitrogens is 4. The van der Waals surface area contributed by atoms with Crippen molar-refractivity contribution >= 4 is 33.2 Å². The molecule has 172 valence electrons. The molecule has 0 spiro atoms. The van der Waals surface area contributed by atoms with Crippen LogP contribution >= 0.6 is 11.3 Å². The third-order valence-corrected chi connectivity index (χ3v) is 6.79. The number of rotatable bonds is 8. The van der Waals surface area contributed by atoms with Gasteiger partial charge < -0.3 is 10.1 Å². The molecule has 4 aromatic rings. The number of carbonyl (C=O) groups excluding carboxylic acids is 1. The van der Waals surface area contributed by atoms with Crippen molar-refractivity contribution in [3.05, 3.63) is 68.2 Å². The molecule has 33 heavy (non-hydrogen) atoms.